The largest absolute Gasteiger partial charge is 0.345 e. The number of hydrogen-bond donors (Lipinski definition) is 0. The van der Waals surface area contributed by atoms with Crippen LogP contribution in [-0.2, 0) is 4.79 Å². The van der Waals surface area contributed by atoms with Crippen molar-refractivity contribution in [2.75, 3.05) is 27.7 Å². The molecule has 4 heteroatoms. The minimum atomic E-state index is 0.116. The Morgan fingerprint density at radius 1 is 1.44 bits per heavy atom. The van der Waals surface area contributed by atoms with Gasteiger partial charge < -0.3 is 4.90 Å². The Bertz CT molecular complexity index is 309. The third kappa shape index (κ3) is 2.43. The number of quaternary nitrogens is 1. The summed E-state index contributed by atoms with van der Waals surface area (Å²) in [6.07, 6.45) is 0.873. The molecule has 0 aliphatic carbocycles. The predicted octanol–water partition coefficient (Wildman–Crippen LogP) is 1.12. The number of nitrogens with zero attached hydrogens (tertiary/aromatic N) is 3. The summed E-state index contributed by atoms with van der Waals surface area (Å²) in [5.41, 5.74) is 0. The van der Waals surface area contributed by atoms with Crippen molar-refractivity contribution in [3.8, 4) is 0 Å². The molecule has 1 rings (SSSR count). The van der Waals surface area contributed by atoms with Crippen LogP contribution in [0, 0.1) is 0 Å². The van der Waals surface area contributed by atoms with Crippen molar-refractivity contribution >= 4 is 11.7 Å². The summed E-state index contributed by atoms with van der Waals surface area (Å²) in [6, 6.07) is 0.908. The van der Waals surface area contributed by atoms with E-state index in [4.69, 9.17) is 4.99 Å². The number of carbonyl (C=O) groups is 1. The first-order valence-corrected chi connectivity index (χ1v) is 5.89. The van der Waals surface area contributed by atoms with Crippen molar-refractivity contribution in [3.63, 3.8) is 0 Å². The highest BCUT2D eigenvalue weighted by Crippen LogP contribution is 2.23. The van der Waals surface area contributed by atoms with Gasteiger partial charge >= 0.3 is 0 Å². The lowest BCUT2D eigenvalue weighted by Crippen LogP contribution is -2.50. The summed E-state index contributed by atoms with van der Waals surface area (Å²) in [4.78, 5) is 17.6. The zero-order chi connectivity index (χ0) is 12.5. The van der Waals surface area contributed by atoms with E-state index in [0.29, 0.717) is 12.1 Å². The van der Waals surface area contributed by atoms with Gasteiger partial charge in [-0.15, -0.1) is 0 Å². The van der Waals surface area contributed by atoms with Crippen molar-refractivity contribution in [2.45, 2.75) is 39.3 Å². The van der Waals surface area contributed by atoms with Gasteiger partial charge in [-0.3, -0.25) is 9.28 Å². The summed E-state index contributed by atoms with van der Waals surface area (Å²) in [5.74, 6) is 1.32. The zero-order valence-electron chi connectivity index (χ0n) is 11.3. The quantitative estimate of drug-likeness (QED) is 0.664. The van der Waals surface area contributed by atoms with E-state index < -0.39 is 0 Å². The Hall–Kier alpha value is -0.900. The normalized spacial score (nSPS) is 27.8. The number of rotatable bonds is 3. The van der Waals surface area contributed by atoms with Crippen molar-refractivity contribution in [2.24, 2.45) is 4.99 Å². The molecule has 0 radical (unpaired) electrons. The van der Waals surface area contributed by atoms with Gasteiger partial charge in [0, 0.05) is 20.5 Å². The van der Waals surface area contributed by atoms with E-state index in [1.807, 2.05) is 7.05 Å². The van der Waals surface area contributed by atoms with Crippen molar-refractivity contribution in [1.29, 1.82) is 0 Å². The first-order chi connectivity index (χ1) is 7.26. The molecule has 0 aromatic carbocycles. The van der Waals surface area contributed by atoms with Crippen molar-refractivity contribution in [1.82, 2.24) is 4.90 Å². The fourth-order valence-electron chi connectivity index (χ4n) is 2.04. The van der Waals surface area contributed by atoms with E-state index in [9.17, 15) is 4.79 Å². The average molecular weight is 226 g/mol. The maximum absolute atomic E-state index is 11.1. The van der Waals surface area contributed by atoms with Gasteiger partial charge in [0.1, 0.15) is 12.1 Å². The fraction of sp³-hybridized carbons (Fsp3) is 0.833. The molecular weight excluding hydrogens is 202 g/mol. The Balaban J connectivity index is 2.62. The lowest BCUT2D eigenvalue weighted by atomic mass is 10.1. The second-order valence-corrected chi connectivity index (χ2v) is 5.26. The van der Waals surface area contributed by atoms with Crippen molar-refractivity contribution < 1.29 is 9.28 Å². The molecular formula is C12H24N3O+. The first-order valence-electron chi connectivity index (χ1n) is 5.89. The number of carbonyl (C=O) groups excluding carboxylic acids is 1. The van der Waals surface area contributed by atoms with E-state index >= 15 is 0 Å². The van der Waals surface area contributed by atoms with Gasteiger partial charge in [0.15, 0.2) is 5.84 Å². The van der Waals surface area contributed by atoms with Gasteiger partial charge in [0.25, 0.3) is 0 Å². The van der Waals surface area contributed by atoms with Crippen LogP contribution in [-0.4, -0.2) is 60.9 Å². The van der Waals surface area contributed by atoms with Crippen LogP contribution >= 0.6 is 0 Å². The van der Waals surface area contributed by atoms with Crippen molar-refractivity contribution in [3.05, 3.63) is 0 Å². The average Bonchev–Trinajstić information content (AvgIpc) is 2.38. The molecule has 0 saturated carbocycles. The molecule has 0 fully saturated rings. The highest BCUT2D eigenvalue weighted by molar-refractivity contribution is 5.78. The highest BCUT2D eigenvalue weighted by Gasteiger charge is 2.40. The smallest absolute Gasteiger partial charge is 0.219 e. The van der Waals surface area contributed by atoms with Crippen LogP contribution < -0.4 is 0 Å². The number of amides is 1. The lowest BCUT2D eigenvalue weighted by molar-refractivity contribution is -0.820. The maximum atomic E-state index is 11.1. The standard InChI is InChI=1S/C12H24N3O/c1-9-10(2)15(5,6)12(13-9)7-8-14(4)11(3)16/h9-10H,7-8H2,1-6H3/q+1. The molecule has 0 saturated heterocycles. The van der Waals surface area contributed by atoms with Crippen LogP contribution in [0.25, 0.3) is 0 Å². The van der Waals surface area contributed by atoms with Gasteiger partial charge in [-0.2, -0.15) is 0 Å². The van der Waals surface area contributed by atoms with Crippen LogP contribution in [0.2, 0.25) is 0 Å². The molecule has 4 nitrogen and oxygen atoms in total. The van der Waals surface area contributed by atoms with Crippen LogP contribution in [0.5, 0.6) is 0 Å². The zero-order valence-corrected chi connectivity index (χ0v) is 11.3. The third-order valence-corrected chi connectivity index (χ3v) is 3.94. The summed E-state index contributed by atoms with van der Waals surface area (Å²) in [7, 11) is 6.23. The second-order valence-electron chi connectivity index (χ2n) is 5.26. The maximum Gasteiger partial charge on any atom is 0.219 e. The monoisotopic (exact) mass is 226 g/mol. The van der Waals surface area contributed by atoms with Crippen LogP contribution in [0.15, 0.2) is 4.99 Å². The second kappa shape index (κ2) is 4.53. The number of likely N-dealkylation sites (N-methyl/N-ethyl adjacent to an activating group) is 1. The Morgan fingerprint density at radius 3 is 2.38 bits per heavy atom. The molecule has 1 amide bonds. The van der Waals surface area contributed by atoms with Crippen LogP contribution in [0.4, 0.5) is 0 Å². The topological polar surface area (TPSA) is 32.7 Å². The highest BCUT2D eigenvalue weighted by atomic mass is 16.2. The fourth-order valence-corrected chi connectivity index (χ4v) is 2.04. The van der Waals surface area contributed by atoms with Gasteiger partial charge in [-0.25, -0.2) is 4.99 Å². The summed E-state index contributed by atoms with van der Waals surface area (Å²) < 4.78 is 0.854. The molecule has 1 aliphatic heterocycles. The summed E-state index contributed by atoms with van der Waals surface area (Å²) in [6.45, 7) is 6.75. The molecule has 2 atom stereocenters. The van der Waals surface area contributed by atoms with Gasteiger partial charge in [-0.1, -0.05) is 0 Å². The van der Waals surface area contributed by atoms with E-state index in [2.05, 4.69) is 27.9 Å². The van der Waals surface area contributed by atoms with E-state index in [1.54, 1.807) is 11.8 Å². The summed E-state index contributed by atoms with van der Waals surface area (Å²) >= 11 is 0. The molecule has 1 heterocycles. The molecule has 0 spiro atoms. The molecule has 16 heavy (non-hydrogen) atoms. The molecule has 92 valence electrons. The Kier molecular flexibility index (Phi) is 3.73. The summed E-state index contributed by atoms with van der Waals surface area (Å²) in [5, 5.41) is 0. The van der Waals surface area contributed by atoms with E-state index in [1.165, 1.54) is 5.84 Å². The SMILES string of the molecule is CC(=O)N(C)CCC1=NC(C)C(C)[N+]1(C)C. The number of amidine groups is 1. The van der Waals surface area contributed by atoms with Crippen LogP contribution in [0.3, 0.4) is 0 Å². The Morgan fingerprint density at radius 2 is 2.00 bits per heavy atom. The van der Waals surface area contributed by atoms with Gasteiger partial charge in [0.2, 0.25) is 5.91 Å². The molecule has 2 unspecified atom stereocenters. The number of aliphatic imine (C=N–C) groups is 1. The van der Waals surface area contributed by atoms with Gasteiger partial charge in [0.05, 0.1) is 20.5 Å². The molecule has 0 bridgehead atoms. The number of hydrogen-bond acceptors (Lipinski definition) is 2. The minimum Gasteiger partial charge on any atom is -0.345 e. The predicted molar refractivity (Wildman–Crippen MR) is 66.4 cm³/mol. The molecule has 0 aromatic heterocycles. The molecule has 1 aliphatic rings. The van der Waals surface area contributed by atoms with Crippen LogP contribution in [0.1, 0.15) is 27.2 Å². The molecule has 0 aromatic rings. The first kappa shape index (κ1) is 13.2. The third-order valence-electron chi connectivity index (χ3n) is 3.94. The van der Waals surface area contributed by atoms with E-state index in [0.717, 1.165) is 17.4 Å². The van der Waals surface area contributed by atoms with E-state index in [-0.39, 0.29) is 5.91 Å². The molecule has 0 N–H and O–H groups in total. The minimum absolute atomic E-state index is 0.116. The lowest BCUT2D eigenvalue weighted by Gasteiger charge is -2.31. The van der Waals surface area contributed by atoms with Gasteiger partial charge in [-0.05, 0) is 13.8 Å². The Labute approximate surface area is 98.5 Å².